The predicted molar refractivity (Wildman–Crippen MR) is 145 cm³/mol. The minimum Gasteiger partial charge on any atom is -0.449 e. The highest BCUT2D eigenvalue weighted by Gasteiger charge is 2.42. The molecule has 3 N–H and O–H groups in total. The number of amides is 1. The van der Waals surface area contributed by atoms with Gasteiger partial charge >= 0.3 is 11.8 Å². The van der Waals surface area contributed by atoms with Crippen molar-refractivity contribution in [2.45, 2.75) is 141 Å². The van der Waals surface area contributed by atoms with Gasteiger partial charge in [0.1, 0.15) is 12.2 Å². The summed E-state index contributed by atoms with van der Waals surface area (Å²) in [6.45, 7) is 3.97. The summed E-state index contributed by atoms with van der Waals surface area (Å²) in [5.41, 5.74) is -0.940. The first-order valence-electron chi connectivity index (χ1n) is 14.6. The van der Waals surface area contributed by atoms with Crippen molar-refractivity contribution >= 4 is 11.9 Å². The highest BCUT2D eigenvalue weighted by Crippen LogP contribution is 2.28. The Morgan fingerprint density at radius 1 is 0.947 bits per heavy atom. The van der Waals surface area contributed by atoms with Crippen LogP contribution in [0.5, 0.6) is 0 Å². The van der Waals surface area contributed by atoms with Crippen molar-refractivity contribution in [2.24, 2.45) is 0 Å². The van der Waals surface area contributed by atoms with E-state index in [1.54, 1.807) is 0 Å². The van der Waals surface area contributed by atoms with E-state index < -0.39 is 48.0 Å². The van der Waals surface area contributed by atoms with Crippen molar-refractivity contribution in [1.82, 2.24) is 9.55 Å². The normalized spacial score (nSPS) is 21.1. The van der Waals surface area contributed by atoms with Gasteiger partial charge in [-0.05, 0) is 13.3 Å². The molecule has 0 radical (unpaired) electrons. The molecule has 1 fully saturated rings. The third kappa shape index (κ3) is 11.4. The summed E-state index contributed by atoms with van der Waals surface area (Å²) in [6, 6.07) is 0. The SMILES string of the molecule is CCCCCCCCCCCCCCCCCCOC(=O)Nc1nc(=O)n(C2OC(C)C(O)C2O)cc1F. The summed E-state index contributed by atoms with van der Waals surface area (Å²) in [7, 11) is 0. The lowest BCUT2D eigenvalue weighted by Crippen LogP contribution is -2.36. The Morgan fingerprint density at radius 2 is 1.45 bits per heavy atom. The number of halogens is 1. The molecule has 218 valence electrons. The van der Waals surface area contributed by atoms with Crippen LogP contribution in [0.15, 0.2) is 11.0 Å². The van der Waals surface area contributed by atoms with E-state index in [0.29, 0.717) is 6.42 Å². The van der Waals surface area contributed by atoms with E-state index in [1.165, 1.54) is 90.4 Å². The van der Waals surface area contributed by atoms with E-state index in [9.17, 15) is 24.2 Å². The zero-order valence-electron chi connectivity index (χ0n) is 23.2. The Morgan fingerprint density at radius 3 is 1.92 bits per heavy atom. The number of anilines is 1. The molecular weight excluding hydrogens is 493 g/mol. The van der Waals surface area contributed by atoms with E-state index in [0.717, 1.165) is 23.6 Å². The topological polar surface area (TPSA) is 123 Å². The van der Waals surface area contributed by atoms with Crippen LogP contribution in [0, 0.1) is 5.82 Å². The molecule has 2 rings (SSSR count). The number of aliphatic hydroxyl groups excluding tert-OH is 2. The summed E-state index contributed by atoms with van der Waals surface area (Å²) >= 11 is 0. The molecule has 1 saturated heterocycles. The largest absolute Gasteiger partial charge is 0.449 e. The Balaban J connectivity index is 1.50. The zero-order chi connectivity index (χ0) is 27.8. The summed E-state index contributed by atoms with van der Waals surface area (Å²) in [6.07, 6.45) is 15.3. The lowest BCUT2D eigenvalue weighted by atomic mass is 10.0. The van der Waals surface area contributed by atoms with Gasteiger partial charge in [-0.3, -0.25) is 9.88 Å². The molecule has 1 aliphatic heterocycles. The first kappa shape index (κ1) is 32.2. The summed E-state index contributed by atoms with van der Waals surface area (Å²) in [5.74, 6) is -1.56. The van der Waals surface area contributed by atoms with E-state index >= 15 is 0 Å². The first-order chi connectivity index (χ1) is 18.3. The Hall–Kier alpha value is -2.04. The first-order valence-corrected chi connectivity index (χ1v) is 14.6. The van der Waals surface area contributed by atoms with Crippen LogP contribution in [-0.4, -0.2) is 50.8 Å². The molecule has 0 bridgehead atoms. The van der Waals surface area contributed by atoms with Gasteiger partial charge in [-0.1, -0.05) is 103 Å². The Labute approximate surface area is 226 Å². The maximum Gasteiger partial charge on any atom is 0.412 e. The highest BCUT2D eigenvalue weighted by atomic mass is 19.1. The monoisotopic (exact) mass is 541 g/mol. The minimum absolute atomic E-state index is 0.195. The van der Waals surface area contributed by atoms with Crippen LogP contribution >= 0.6 is 0 Å². The number of nitrogens with zero attached hydrogens (tertiary/aromatic N) is 2. The molecule has 0 spiro atoms. The third-order valence-corrected chi connectivity index (χ3v) is 7.11. The molecule has 1 aromatic rings. The van der Waals surface area contributed by atoms with Crippen molar-refractivity contribution in [3.05, 3.63) is 22.5 Å². The number of carbonyl (C=O) groups excluding carboxylic acids is 1. The molecule has 2 heterocycles. The second-order valence-electron chi connectivity index (χ2n) is 10.4. The van der Waals surface area contributed by atoms with Crippen LogP contribution in [0.25, 0.3) is 0 Å². The maximum atomic E-state index is 14.4. The number of aliphatic hydroxyl groups is 2. The second-order valence-corrected chi connectivity index (χ2v) is 10.4. The molecule has 38 heavy (non-hydrogen) atoms. The van der Waals surface area contributed by atoms with Crippen molar-refractivity contribution in [3.8, 4) is 0 Å². The van der Waals surface area contributed by atoms with Gasteiger partial charge in [0.25, 0.3) is 0 Å². The number of rotatable bonds is 19. The molecule has 1 aromatic heterocycles. The fourth-order valence-electron chi connectivity index (χ4n) is 4.72. The van der Waals surface area contributed by atoms with Crippen LogP contribution < -0.4 is 11.0 Å². The van der Waals surface area contributed by atoms with Gasteiger partial charge in [-0.2, -0.15) is 4.98 Å². The van der Waals surface area contributed by atoms with Gasteiger partial charge in [-0.25, -0.2) is 14.0 Å². The summed E-state index contributed by atoms with van der Waals surface area (Å²) in [4.78, 5) is 27.8. The number of unbranched alkanes of at least 4 members (excludes halogenated alkanes) is 15. The van der Waals surface area contributed by atoms with Gasteiger partial charge in [0.05, 0.1) is 18.9 Å². The maximum absolute atomic E-state index is 14.4. The van der Waals surface area contributed by atoms with Gasteiger partial charge in [-0.15, -0.1) is 0 Å². The van der Waals surface area contributed by atoms with Crippen LogP contribution in [0.3, 0.4) is 0 Å². The fourth-order valence-corrected chi connectivity index (χ4v) is 4.72. The van der Waals surface area contributed by atoms with Crippen molar-refractivity contribution in [2.75, 3.05) is 11.9 Å². The third-order valence-electron chi connectivity index (χ3n) is 7.11. The van der Waals surface area contributed by atoms with E-state index in [1.807, 2.05) is 0 Å². The number of hydrogen-bond donors (Lipinski definition) is 3. The van der Waals surface area contributed by atoms with Crippen molar-refractivity contribution < 1.29 is 28.9 Å². The zero-order valence-corrected chi connectivity index (χ0v) is 23.2. The van der Waals surface area contributed by atoms with Gasteiger partial charge < -0.3 is 19.7 Å². The lowest BCUT2D eigenvalue weighted by Gasteiger charge is -2.17. The molecule has 1 amide bonds. The summed E-state index contributed by atoms with van der Waals surface area (Å²) < 4.78 is 25.6. The number of nitrogens with one attached hydrogen (secondary N) is 1. The average molecular weight is 542 g/mol. The molecule has 0 saturated carbocycles. The molecule has 4 atom stereocenters. The van der Waals surface area contributed by atoms with E-state index in [2.05, 4.69) is 17.2 Å². The lowest BCUT2D eigenvalue weighted by molar-refractivity contribution is -0.0355. The quantitative estimate of drug-likeness (QED) is 0.188. The second kappa shape index (κ2) is 18.3. The molecule has 1 aliphatic rings. The van der Waals surface area contributed by atoms with Gasteiger partial charge in [0.15, 0.2) is 17.9 Å². The molecular formula is C28H48FN3O6. The average Bonchev–Trinajstić information content (AvgIpc) is 3.14. The number of hydrogen-bond acceptors (Lipinski definition) is 7. The molecule has 10 heteroatoms. The number of carbonyl (C=O) groups is 1. The van der Waals surface area contributed by atoms with Crippen LogP contribution in [-0.2, 0) is 9.47 Å². The van der Waals surface area contributed by atoms with Gasteiger partial charge in [0, 0.05) is 0 Å². The van der Waals surface area contributed by atoms with Gasteiger partial charge in [0.2, 0.25) is 0 Å². The molecule has 9 nitrogen and oxygen atoms in total. The van der Waals surface area contributed by atoms with Crippen LogP contribution in [0.1, 0.15) is 123 Å². The minimum atomic E-state index is -1.41. The standard InChI is InChI=1S/C28H48FN3O6/c1-3-4-5-6-7-8-9-10-11-12-13-14-15-16-17-18-19-37-28(36)31-25-22(29)20-32(27(35)30-25)26-24(34)23(33)21(2)38-26/h20-21,23-24,26,33-34H,3-19H2,1-2H3,(H,30,31,35,36). The van der Waals surface area contributed by atoms with Crippen molar-refractivity contribution in [3.63, 3.8) is 0 Å². The molecule has 0 aliphatic carbocycles. The van der Waals surface area contributed by atoms with E-state index in [4.69, 9.17) is 9.47 Å². The van der Waals surface area contributed by atoms with Crippen LogP contribution in [0.2, 0.25) is 0 Å². The Kier molecular flexibility index (Phi) is 15.5. The molecule has 4 unspecified atom stereocenters. The fraction of sp³-hybridized carbons (Fsp3) is 0.821. The summed E-state index contributed by atoms with van der Waals surface area (Å²) in [5, 5.41) is 21.9. The van der Waals surface area contributed by atoms with Crippen LogP contribution in [0.4, 0.5) is 15.0 Å². The molecule has 0 aromatic carbocycles. The highest BCUT2D eigenvalue weighted by molar-refractivity contribution is 5.83. The number of ether oxygens (including phenoxy) is 2. The smallest absolute Gasteiger partial charge is 0.412 e. The predicted octanol–water partition coefficient (Wildman–Crippen LogP) is 5.83. The number of aromatic nitrogens is 2. The Bertz CT molecular complexity index is 867. The van der Waals surface area contributed by atoms with E-state index in [-0.39, 0.29) is 6.61 Å². The van der Waals surface area contributed by atoms with Crippen molar-refractivity contribution in [1.29, 1.82) is 0 Å².